The van der Waals surface area contributed by atoms with Crippen molar-refractivity contribution >= 4 is 27.6 Å². The van der Waals surface area contributed by atoms with E-state index in [1.54, 1.807) is 17.0 Å². The van der Waals surface area contributed by atoms with Crippen molar-refractivity contribution in [2.45, 2.75) is 17.2 Å². The lowest BCUT2D eigenvalue weighted by Gasteiger charge is -2.36. The van der Waals surface area contributed by atoms with Crippen LogP contribution in [0.15, 0.2) is 76.2 Å². The Morgan fingerprint density at radius 2 is 1.53 bits per heavy atom. The fourth-order valence-corrected chi connectivity index (χ4v) is 5.27. The minimum atomic E-state index is -4.44. The molecule has 4 rings (SSSR count). The topological polar surface area (TPSA) is 117 Å². The average molecular weight is 514 g/mol. The number of hydrogen-bond acceptors (Lipinski definition) is 6. The second-order valence-electron chi connectivity index (χ2n) is 8.31. The lowest BCUT2D eigenvalue weighted by Crippen LogP contribution is -2.57. The molecule has 3 aromatic rings. The van der Waals surface area contributed by atoms with Crippen LogP contribution in [0.2, 0.25) is 0 Å². The van der Waals surface area contributed by atoms with Gasteiger partial charge in [-0.25, -0.2) is 12.8 Å². The summed E-state index contributed by atoms with van der Waals surface area (Å²) in [5, 5.41) is 0.277. The number of nitrogens with one attached hydrogen (secondary N) is 1. The van der Waals surface area contributed by atoms with Crippen LogP contribution in [0.25, 0.3) is 0 Å². The molecule has 1 aliphatic heterocycles. The smallest absolute Gasteiger partial charge is 0.288 e. The van der Waals surface area contributed by atoms with Crippen molar-refractivity contribution in [3.8, 4) is 0 Å². The minimum absolute atomic E-state index is 0.0719. The van der Waals surface area contributed by atoms with E-state index in [4.69, 9.17) is 4.42 Å². The number of carbonyl (C=O) groups excluding carboxylic acids is 3. The van der Waals surface area contributed by atoms with Crippen LogP contribution in [0.4, 0.5) is 4.39 Å². The van der Waals surface area contributed by atoms with Crippen LogP contribution in [0, 0.1) is 12.7 Å². The van der Waals surface area contributed by atoms with E-state index in [9.17, 15) is 27.2 Å². The molecule has 0 spiro atoms. The van der Waals surface area contributed by atoms with Crippen molar-refractivity contribution in [1.29, 1.82) is 0 Å². The van der Waals surface area contributed by atoms with Crippen molar-refractivity contribution in [1.82, 2.24) is 15.1 Å². The molecule has 1 fully saturated rings. The number of carbonyl (C=O) groups is 3. The van der Waals surface area contributed by atoms with Gasteiger partial charge in [0, 0.05) is 31.7 Å². The summed E-state index contributed by atoms with van der Waals surface area (Å²) in [7, 11) is -4.44. The van der Waals surface area contributed by atoms with Crippen LogP contribution in [0.3, 0.4) is 0 Å². The number of aryl methyl sites for hydroxylation is 1. The van der Waals surface area contributed by atoms with Crippen molar-refractivity contribution in [3.05, 3.63) is 89.6 Å². The number of amides is 3. The molecule has 2 heterocycles. The zero-order valence-corrected chi connectivity index (χ0v) is 20.2. The van der Waals surface area contributed by atoms with E-state index < -0.39 is 32.8 Å². The van der Waals surface area contributed by atoms with Gasteiger partial charge in [-0.05, 0) is 55.5 Å². The molecule has 0 radical (unpaired) electrons. The summed E-state index contributed by atoms with van der Waals surface area (Å²) in [6.45, 7) is 2.44. The van der Waals surface area contributed by atoms with E-state index in [-0.39, 0.29) is 42.7 Å². The highest BCUT2D eigenvalue weighted by molar-refractivity contribution is 7.92. The summed E-state index contributed by atoms with van der Waals surface area (Å²) >= 11 is 0. The Balaban J connectivity index is 1.53. The molecule has 9 nitrogen and oxygen atoms in total. The van der Waals surface area contributed by atoms with E-state index >= 15 is 0 Å². The Morgan fingerprint density at radius 1 is 0.917 bits per heavy atom. The van der Waals surface area contributed by atoms with Gasteiger partial charge in [0.05, 0.1) is 11.2 Å². The maximum absolute atomic E-state index is 13.4. The molecule has 11 heteroatoms. The molecule has 36 heavy (non-hydrogen) atoms. The largest absolute Gasteiger partial charge is 0.459 e. The average Bonchev–Trinajstić information content (AvgIpc) is 3.42. The first-order valence-electron chi connectivity index (χ1n) is 11.2. The third kappa shape index (κ3) is 5.30. The van der Waals surface area contributed by atoms with Crippen LogP contribution in [0.1, 0.15) is 26.5 Å². The number of furan rings is 1. The number of nitrogens with zero attached hydrogens (tertiary/aromatic N) is 2. The highest BCUT2D eigenvalue weighted by Gasteiger charge is 2.40. The van der Waals surface area contributed by atoms with Crippen LogP contribution in [0.5, 0.6) is 0 Å². The lowest BCUT2D eigenvalue weighted by atomic mass is 10.1. The summed E-state index contributed by atoms with van der Waals surface area (Å²) in [4.78, 5) is 41.3. The van der Waals surface area contributed by atoms with Gasteiger partial charge >= 0.3 is 0 Å². The molecule has 1 N–H and O–H groups in total. The lowest BCUT2D eigenvalue weighted by molar-refractivity contribution is -0.132. The number of halogens is 1. The van der Waals surface area contributed by atoms with E-state index in [0.29, 0.717) is 5.56 Å². The predicted octanol–water partition coefficient (Wildman–Crippen LogP) is 2.24. The monoisotopic (exact) mass is 513 g/mol. The molecular weight excluding hydrogens is 489 g/mol. The zero-order valence-electron chi connectivity index (χ0n) is 19.4. The van der Waals surface area contributed by atoms with Crippen molar-refractivity contribution < 1.29 is 31.6 Å². The van der Waals surface area contributed by atoms with Gasteiger partial charge in [-0.2, -0.15) is 0 Å². The normalized spacial score (nSPS) is 14.8. The predicted molar refractivity (Wildman–Crippen MR) is 127 cm³/mol. The number of rotatable bonds is 6. The summed E-state index contributed by atoms with van der Waals surface area (Å²) in [6.07, 6.45) is 1.24. The standard InChI is InChI=1S/C25H24FN3O6S/c1-17-4-6-18(7-5-17)24(31)28-12-14-29(15-13-28)25(32)23(27-22(30)21-3-2-16-35-21)36(33,34)20-10-8-19(26)9-11-20/h2-11,16,23H,12-15H2,1H3,(H,27,30). The highest BCUT2D eigenvalue weighted by Crippen LogP contribution is 2.19. The molecule has 0 bridgehead atoms. The van der Waals surface area contributed by atoms with Gasteiger partial charge in [0.2, 0.25) is 15.2 Å². The SMILES string of the molecule is Cc1ccc(C(=O)N2CCN(C(=O)C(NC(=O)c3ccco3)S(=O)(=O)c3ccc(F)cc3)CC2)cc1. The summed E-state index contributed by atoms with van der Waals surface area (Å²) in [5.41, 5.74) is 1.54. The molecule has 0 aliphatic carbocycles. The number of benzene rings is 2. The molecule has 1 saturated heterocycles. The van der Waals surface area contributed by atoms with Gasteiger partial charge in [-0.1, -0.05) is 17.7 Å². The van der Waals surface area contributed by atoms with Crippen LogP contribution >= 0.6 is 0 Å². The quantitative estimate of drug-likeness (QED) is 0.506. The van der Waals surface area contributed by atoms with Crippen molar-refractivity contribution in [2.24, 2.45) is 0 Å². The van der Waals surface area contributed by atoms with E-state index in [1.165, 1.54) is 23.3 Å². The molecular formula is C25H24FN3O6S. The molecule has 1 aromatic heterocycles. The molecule has 0 saturated carbocycles. The molecule has 1 aliphatic rings. The fraction of sp³-hybridized carbons (Fsp3) is 0.240. The van der Waals surface area contributed by atoms with Crippen molar-refractivity contribution in [2.75, 3.05) is 26.2 Å². The van der Waals surface area contributed by atoms with Gasteiger partial charge < -0.3 is 19.5 Å². The maximum Gasteiger partial charge on any atom is 0.288 e. The van der Waals surface area contributed by atoms with Gasteiger partial charge in [0.1, 0.15) is 5.82 Å². The summed E-state index contributed by atoms with van der Waals surface area (Å²) in [5.74, 6) is -2.76. The van der Waals surface area contributed by atoms with E-state index in [0.717, 1.165) is 29.8 Å². The Labute approximate surface area is 207 Å². The summed E-state index contributed by atoms with van der Waals surface area (Å²) < 4.78 is 45.1. The Kier molecular flexibility index (Phi) is 7.20. The van der Waals surface area contributed by atoms with Crippen molar-refractivity contribution in [3.63, 3.8) is 0 Å². The number of piperazine rings is 1. The van der Waals surface area contributed by atoms with Crippen LogP contribution in [-0.2, 0) is 14.6 Å². The molecule has 3 amide bonds. The van der Waals surface area contributed by atoms with Gasteiger partial charge in [-0.3, -0.25) is 14.4 Å². The Hall–Kier alpha value is -3.99. The third-order valence-corrected chi connectivity index (χ3v) is 7.73. The molecule has 1 unspecified atom stereocenters. The zero-order chi connectivity index (χ0) is 25.9. The Morgan fingerprint density at radius 3 is 2.11 bits per heavy atom. The Bertz CT molecular complexity index is 1350. The second-order valence-corrected chi connectivity index (χ2v) is 10.3. The second kappa shape index (κ2) is 10.3. The summed E-state index contributed by atoms with van der Waals surface area (Å²) in [6, 6.07) is 13.9. The van der Waals surface area contributed by atoms with E-state index in [1.807, 2.05) is 19.1 Å². The maximum atomic E-state index is 13.4. The highest BCUT2D eigenvalue weighted by atomic mass is 32.2. The first kappa shape index (κ1) is 25.1. The van der Waals surface area contributed by atoms with Crippen LogP contribution < -0.4 is 5.32 Å². The molecule has 2 aromatic carbocycles. The first-order chi connectivity index (χ1) is 17.2. The van der Waals surface area contributed by atoms with Gasteiger partial charge in [0.15, 0.2) is 5.76 Å². The third-order valence-electron chi connectivity index (χ3n) is 5.86. The minimum Gasteiger partial charge on any atom is -0.459 e. The van der Waals surface area contributed by atoms with Gasteiger partial charge in [0.25, 0.3) is 17.7 Å². The number of sulfone groups is 1. The first-order valence-corrected chi connectivity index (χ1v) is 12.7. The van der Waals surface area contributed by atoms with Crippen LogP contribution in [-0.4, -0.2) is 67.5 Å². The molecule has 188 valence electrons. The fourth-order valence-electron chi connectivity index (χ4n) is 3.80. The molecule has 1 atom stereocenters. The van der Waals surface area contributed by atoms with E-state index in [2.05, 4.69) is 5.32 Å². The van der Waals surface area contributed by atoms with Gasteiger partial charge in [-0.15, -0.1) is 0 Å². The number of hydrogen-bond donors (Lipinski definition) is 1.